The Bertz CT molecular complexity index is 461. The number of carbonyl (C=O) groups excluding carboxylic acids is 1. The van der Waals surface area contributed by atoms with Crippen molar-refractivity contribution in [3.8, 4) is 0 Å². The lowest BCUT2D eigenvalue weighted by molar-refractivity contribution is 0.0922. The van der Waals surface area contributed by atoms with Crippen LogP contribution in [0, 0.1) is 5.92 Å². The molecule has 0 spiro atoms. The van der Waals surface area contributed by atoms with Crippen molar-refractivity contribution in [2.45, 2.75) is 45.1 Å². The molecule has 1 saturated carbocycles. The average molecular weight is 325 g/mol. The maximum atomic E-state index is 12.3. The van der Waals surface area contributed by atoms with Crippen molar-refractivity contribution in [3.63, 3.8) is 0 Å². The molecular formula is C15H21BrN2O. The van der Waals surface area contributed by atoms with E-state index in [0.29, 0.717) is 17.2 Å². The van der Waals surface area contributed by atoms with Crippen LogP contribution in [-0.4, -0.2) is 11.9 Å². The summed E-state index contributed by atoms with van der Waals surface area (Å²) in [7, 11) is 0. The van der Waals surface area contributed by atoms with Gasteiger partial charge >= 0.3 is 0 Å². The zero-order chi connectivity index (χ0) is 13.8. The van der Waals surface area contributed by atoms with E-state index >= 15 is 0 Å². The monoisotopic (exact) mass is 324 g/mol. The van der Waals surface area contributed by atoms with Crippen LogP contribution >= 0.6 is 15.9 Å². The number of nitrogens with two attached hydrogens (primary N) is 1. The summed E-state index contributed by atoms with van der Waals surface area (Å²) < 4.78 is 0.876. The minimum absolute atomic E-state index is 0.0578. The van der Waals surface area contributed by atoms with Crippen molar-refractivity contribution >= 4 is 27.5 Å². The van der Waals surface area contributed by atoms with Crippen molar-refractivity contribution in [1.82, 2.24) is 5.32 Å². The summed E-state index contributed by atoms with van der Waals surface area (Å²) in [5.74, 6) is 0.484. The molecule has 0 radical (unpaired) electrons. The van der Waals surface area contributed by atoms with E-state index in [4.69, 9.17) is 5.73 Å². The molecule has 1 aromatic rings. The lowest BCUT2D eigenvalue weighted by Crippen LogP contribution is -2.39. The molecule has 2 rings (SSSR count). The Morgan fingerprint density at radius 2 is 2.05 bits per heavy atom. The molecule has 4 heteroatoms. The number of anilines is 1. The predicted octanol–water partition coefficient (Wildman–Crippen LogP) is 3.73. The van der Waals surface area contributed by atoms with Gasteiger partial charge in [-0.05, 0) is 37.0 Å². The number of halogens is 1. The van der Waals surface area contributed by atoms with E-state index in [1.54, 1.807) is 12.1 Å². The molecule has 2 unspecified atom stereocenters. The first-order chi connectivity index (χ1) is 9.08. The molecule has 2 atom stereocenters. The van der Waals surface area contributed by atoms with Gasteiger partial charge in [0.25, 0.3) is 5.91 Å². The van der Waals surface area contributed by atoms with Gasteiger partial charge in [0.1, 0.15) is 0 Å². The van der Waals surface area contributed by atoms with Gasteiger partial charge in [0.2, 0.25) is 0 Å². The number of benzene rings is 1. The number of hydrogen-bond donors (Lipinski definition) is 2. The molecule has 0 aromatic heterocycles. The highest BCUT2D eigenvalue weighted by Crippen LogP contribution is 2.24. The molecule has 0 heterocycles. The van der Waals surface area contributed by atoms with Crippen LogP contribution in [0.2, 0.25) is 0 Å². The first-order valence-electron chi connectivity index (χ1n) is 6.94. The maximum absolute atomic E-state index is 12.3. The van der Waals surface area contributed by atoms with Crippen molar-refractivity contribution in [2.24, 2.45) is 5.92 Å². The van der Waals surface area contributed by atoms with Gasteiger partial charge in [0.15, 0.2) is 0 Å². The smallest absolute Gasteiger partial charge is 0.253 e. The lowest BCUT2D eigenvalue weighted by atomic mass is 9.96. The van der Waals surface area contributed by atoms with Crippen molar-refractivity contribution in [1.29, 1.82) is 0 Å². The third-order valence-electron chi connectivity index (χ3n) is 3.94. The largest absolute Gasteiger partial charge is 0.398 e. The van der Waals surface area contributed by atoms with E-state index in [2.05, 4.69) is 28.2 Å². The summed E-state index contributed by atoms with van der Waals surface area (Å²) in [6.07, 6.45) is 6.01. The molecule has 1 aliphatic rings. The zero-order valence-corrected chi connectivity index (χ0v) is 12.9. The molecule has 0 bridgehead atoms. The van der Waals surface area contributed by atoms with Gasteiger partial charge in [-0.3, -0.25) is 4.79 Å². The summed E-state index contributed by atoms with van der Waals surface area (Å²) in [5.41, 5.74) is 6.97. The van der Waals surface area contributed by atoms with Gasteiger partial charge in [-0.1, -0.05) is 42.1 Å². The molecule has 1 aliphatic carbocycles. The van der Waals surface area contributed by atoms with Gasteiger partial charge < -0.3 is 11.1 Å². The molecule has 1 aromatic carbocycles. The van der Waals surface area contributed by atoms with Crippen LogP contribution in [0.1, 0.15) is 49.4 Å². The van der Waals surface area contributed by atoms with E-state index < -0.39 is 0 Å². The predicted molar refractivity (Wildman–Crippen MR) is 82.1 cm³/mol. The fourth-order valence-electron chi connectivity index (χ4n) is 2.68. The quantitative estimate of drug-likeness (QED) is 0.643. The fourth-order valence-corrected chi connectivity index (χ4v) is 3.04. The Labute approximate surface area is 123 Å². The standard InChI is InChI=1S/C15H21BrN2O/c1-10-5-3-2-4-6-14(10)18-15(19)12-9-11(16)7-8-13(12)17/h7-10,14H,2-6,17H2,1H3,(H,18,19). The molecule has 3 nitrogen and oxygen atoms in total. The summed E-state index contributed by atoms with van der Waals surface area (Å²) in [6, 6.07) is 5.66. The fraction of sp³-hybridized carbons (Fsp3) is 0.533. The number of nitrogen functional groups attached to an aromatic ring is 1. The van der Waals surface area contributed by atoms with Gasteiger partial charge in [0.05, 0.1) is 5.56 Å². The number of rotatable bonds is 2. The Morgan fingerprint density at radius 3 is 2.84 bits per heavy atom. The summed E-state index contributed by atoms with van der Waals surface area (Å²) in [4.78, 5) is 12.3. The number of carbonyl (C=O) groups is 1. The van der Waals surface area contributed by atoms with Crippen LogP contribution in [-0.2, 0) is 0 Å². The van der Waals surface area contributed by atoms with E-state index in [9.17, 15) is 4.79 Å². The molecule has 19 heavy (non-hydrogen) atoms. The third-order valence-corrected chi connectivity index (χ3v) is 4.43. The summed E-state index contributed by atoms with van der Waals surface area (Å²) in [5, 5.41) is 3.15. The molecule has 104 valence electrons. The number of amides is 1. The SMILES string of the molecule is CC1CCCCCC1NC(=O)c1cc(Br)ccc1N. The van der Waals surface area contributed by atoms with Crippen LogP contribution < -0.4 is 11.1 Å². The second-order valence-electron chi connectivity index (χ2n) is 5.43. The van der Waals surface area contributed by atoms with Crippen molar-refractivity contribution in [3.05, 3.63) is 28.2 Å². The minimum Gasteiger partial charge on any atom is -0.398 e. The van der Waals surface area contributed by atoms with Gasteiger partial charge in [-0.15, -0.1) is 0 Å². The number of hydrogen-bond acceptors (Lipinski definition) is 2. The van der Waals surface area contributed by atoms with E-state index in [1.165, 1.54) is 25.7 Å². The second kappa shape index (κ2) is 6.42. The molecule has 0 saturated heterocycles. The minimum atomic E-state index is -0.0578. The molecule has 0 aliphatic heterocycles. The van der Waals surface area contributed by atoms with Gasteiger partial charge in [-0.2, -0.15) is 0 Å². The summed E-state index contributed by atoms with van der Waals surface area (Å²) >= 11 is 3.38. The van der Waals surface area contributed by atoms with Gasteiger partial charge in [0, 0.05) is 16.2 Å². The normalized spacial score (nSPS) is 23.7. The molecule has 1 amide bonds. The third kappa shape index (κ3) is 3.72. The highest BCUT2D eigenvalue weighted by molar-refractivity contribution is 9.10. The Hall–Kier alpha value is -1.03. The average Bonchev–Trinajstić information content (AvgIpc) is 2.58. The molecular weight excluding hydrogens is 304 g/mol. The Kier molecular flexibility index (Phi) is 4.86. The Morgan fingerprint density at radius 1 is 1.32 bits per heavy atom. The highest BCUT2D eigenvalue weighted by Gasteiger charge is 2.22. The van der Waals surface area contributed by atoms with Crippen molar-refractivity contribution < 1.29 is 4.79 Å². The second-order valence-corrected chi connectivity index (χ2v) is 6.34. The lowest BCUT2D eigenvalue weighted by Gasteiger charge is -2.23. The Balaban J connectivity index is 2.09. The molecule has 1 fully saturated rings. The van der Waals surface area contributed by atoms with Crippen LogP contribution in [0.4, 0.5) is 5.69 Å². The highest BCUT2D eigenvalue weighted by atomic mass is 79.9. The number of nitrogens with one attached hydrogen (secondary N) is 1. The maximum Gasteiger partial charge on any atom is 0.253 e. The van der Waals surface area contributed by atoms with Crippen LogP contribution in [0.15, 0.2) is 22.7 Å². The van der Waals surface area contributed by atoms with Crippen molar-refractivity contribution in [2.75, 3.05) is 5.73 Å². The summed E-state index contributed by atoms with van der Waals surface area (Å²) in [6.45, 7) is 2.22. The van der Waals surface area contributed by atoms with E-state index in [1.807, 2.05) is 6.07 Å². The van der Waals surface area contributed by atoms with E-state index in [-0.39, 0.29) is 11.9 Å². The topological polar surface area (TPSA) is 55.1 Å². The van der Waals surface area contributed by atoms with Crippen LogP contribution in [0.3, 0.4) is 0 Å². The molecule has 3 N–H and O–H groups in total. The van der Waals surface area contributed by atoms with E-state index in [0.717, 1.165) is 10.9 Å². The first-order valence-corrected chi connectivity index (χ1v) is 7.73. The van der Waals surface area contributed by atoms with Crippen LogP contribution in [0.5, 0.6) is 0 Å². The van der Waals surface area contributed by atoms with Crippen LogP contribution in [0.25, 0.3) is 0 Å². The van der Waals surface area contributed by atoms with Gasteiger partial charge in [-0.25, -0.2) is 0 Å². The zero-order valence-electron chi connectivity index (χ0n) is 11.3. The first kappa shape index (κ1) is 14.4.